The molecule has 1 aliphatic heterocycles. The summed E-state index contributed by atoms with van der Waals surface area (Å²) in [5.41, 5.74) is 1.53. The number of aromatic nitrogens is 2. The van der Waals surface area contributed by atoms with Gasteiger partial charge < -0.3 is 15.0 Å². The summed E-state index contributed by atoms with van der Waals surface area (Å²) in [7, 11) is 1.24. The summed E-state index contributed by atoms with van der Waals surface area (Å²) >= 11 is 1.24. The minimum absolute atomic E-state index is 0.175. The predicted octanol–water partition coefficient (Wildman–Crippen LogP) is 0.444. The Morgan fingerprint density at radius 3 is 2.95 bits per heavy atom. The van der Waals surface area contributed by atoms with Gasteiger partial charge >= 0.3 is 5.97 Å². The van der Waals surface area contributed by atoms with E-state index in [2.05, 4.69) is 20.3 Å². The van der Waals surface area contributed by atoms with Crippen LogP contribution in [0.5, 0.6) is 0 Å². The van der Waals surface area contributed by atoms with Gasteiger partial charge in [0.05, 0.1) is 13.0 Å². The second-order valence-corrected chi connectivity index (χ2v) is 5.55. The fourth-order valence-corrected chi connectivity index (χ4v) is 2.59. The van der Waals surface area contributed by atoms with Gasteiger partial charge in [0, 0.05) is 25.2 Å². The van der Waals surface area contributed by atoms with Gasteiger partial charge in [0.15, 0.2) is 0 Å². The molecule has 0 saturated carbocycles. The summed E-state index contributed by atoms with van der Waals surface area (Å²) in [6.45, 7) is 0.877. The monoisotopic (exact) mass is 324 g/mol. The van der Waals surface area contributed by atoms with Gasteiger partial charge in [-0.3, -0.25) is 9.59 Å². The molecule has 1 atom stereocenters. The van der Waals surface area contributed by atoms with Crippen LogP contribution >= 0.6 is 11.3 Å². The lowest BCUT2D eigenvalue weighted by atomic mass is 9.97. The quantitative estimate of drug-likeness (QED) is 0.637. The molecule has 1 unspecified atom stereocenters. The van der Waals surface area contributed by atoms with Gasteiger partial charge in [0.1, 0.15) is 5.51 Å². The molecular weight excluding hydrogens is 308 g/mol. The zero-order valence-corrected chi connectivity index (χ0v) is 12.8. The second kappa shape index (κ2) is 7.64. The average Bonchev–Trinajstić information content (AvgIpc) is 3.05. The van der Waals surface area contributed by atoms with E-state index in [9.17, 15) is 14.4 Å². The number of rotatable bonds is 4. The third-order valence-corrected chi connectivity index (χ3v) is 3.86. The number of hydrogen-bond donors (Lipinski definition) is 1. The molecule has 0 aliphatic carbocycles. The fraction of sp³-hybridized carbons (Fsp3) is 0.462. The van der Waals surface area contributed by atoms with Crippen LogP contribution < -0.4 is 5.32 Å². The molecule has 1 saturated heterocycles. The van der Waals surface area contributed by atoms with Gasteiger partial charge in [0.25, 0.3) is 0 Å². The molecule has 2 amide bonds. The van der Waals surface area contributed by atoms with Crippen LogP contribution in [0.25, 0.3) is 0 Å². The number of amides is 2. The van der Waals surface area contributed by atoms with Crippen molar-refractivity contribution >= 4 is 34.3 Å². The van der Waals surface area contributed by atoms with Crippen molar-refractivity contribution in [1.29, 1.82) is 0 Å². The van der Waals surface area contributed by atoms with E-state index in [-0.39, 0.29) is 17.7 Å². The first-order valence-electron chi connectivity index (χ1n) is 6.72. The van der Waals surface area contributed by atoms with Crippen LogP contribution in [-0.2, 0) is 19.1 Å². The molecule has 0 spiro atoms. The maximum Gasteiger partial charge on any atom is 0.330 e. The molecule has 9 heteroatoms. The van der Waals surface area contributed by atoms with Crippen LogP contribution in [0.2, 0.25) is 0 Å². The third kappa shape index (κ3) is 4.35. The summed E-state index contributed by atoms with van der Waals surface area (Å²) in [5.74, 6) is -1.37. The Kier molecular flexibility index (Phi) is 5.59. The molecule has 1 aliphatic rings. The lowest BCUT2D eigenvalue weighted by Gasteiger charge is -2.31. The zero-order valence-electron chi connectivity index (χ0n) is 12.0. The number of carbonyl (C=O) groups is 3. The Bertz CT molecular complexity index is 573. The Morgan fingerprint density at radius 2 is 2.27 bits per heavy atom. The molecule has 8 nitrogen and oxygen atoms in total. The highest BCUT2D eigenvalue weighted by atomic mass is 32.1. The van der Waals surface area contributed by atoms with E-state index in [1.54, 1.807) is 4.90 Å². The molecule has 22 heavy (non-hydrogen) atoms. The Balaban J connectivity index is 1.90. The van der Waals surface area contributed by atoms with E-state index in [1.165, 1.54) is 24.0 Å². The topological polar surface area (TPSA) is 101 Å². The normalized spacial score (nSPS) is 18.2. The fourth-order valence-electron chi connectivity index (χ4n) is 2.14. The molecule has 0 radical (unpaired) electrons. The van der Waals surface area contributed by atoms with E-state index >= 15 is 0 Å². The second-order valence-electron chi connectivity index (χ2n) is 4.71. The third-order valence-electron chi connectivity index (χ3n) is 3.26. The maximum absolute atomic E-state index is 12.1. The predicted molar refractivity (Wildman–Crippen MR) is 79.0 cm³/mol. The Hall–Kier alpha value is -2.29. The minimum Gasteiger partial charge on any atom is -0.466 e. The highest BCUT2D eigenvalue weighted by Crippen LogP contribution is 2.19. The molecule has 1 aromatic rings. The van der Waals surface area contributed by atoms with Crippen LogP contribution in [-0.4, -0.2) is 53.1 Å². The number of nitrogens with one attached hydrogen (secondary N) is 1. The highest BCUT2D eigenvalue weighted by Gasteiger charge is 2.28. The van der Waals surface area contributed by atoms with Crippen molar-refractivity contribution in [2.75, 3.05) is 25.5 Å². The van der Waals surface area contributed by atoms with Gasteiger partial charge in [-0.1, -0.05) is 11.3 Å². The van der Waals surface area contributed by atoms with E-state index in [4.69, 9.17) is 0 Å². The molecule has 2 heterocycles. The number of hydrogen-bond acceptors (Lipinski definition) is 7. The van der Waals surface area contributed by atoms with Crippen LogP contribution in [0.15, 0.2) is 17.7 Å². The summed E-state index contributed by atoms with van der Waals surface area (Å²) < 4.78 is 4.43. The van der Waals surface area contributed by atoms with Crippen molar-refractivity contribution in [3.8, 4) is 0 Å². The molecule has 1 N–H and O–H groups in total. The zero-order chi connectivity index (χ0) is 15.9. The number of piperidine rings is 1. The van der Waals surface area contributed by atoms with Crippen LogP contribution in [0, 0.1) is 5.92 Å². The number of methoxy groups -OCH3 is 1. The number of ether oxygens (including phenoxy) is 1. The van der Waals surface area contributed by atoms with Crippen LogP contribution in [0.1, 0.15) is 12.8 Å². The smallest absolute Gasteiger partial charge is 0.330 e. The molecule has 118 valence electrons. The maximum atomic E-state index is 12.1. The SMILES string of the molecule is COC(=O)/C=C/C(=O)N1CCCC(C(=O)Nc2nncs2)C1. The largest absolute Gasteiger partial charge is 0.466 e. The number of likely N-dealkylation sites (tertiary alicyclic amines) is 1. The Morgan fingerprint density at radius 1 is 1.45 bits per heavy atom. The van der Waals surface area contributed by atoms with Gasteiger partial charge in [-0.25, -0.2) is 4.79 Å². The van der Waals surface area contributed by atoms with E-state index < -0.39 is 5.97 Å². The molecule has 0 aromatic carbocycles. The lowest BCUT2D eigenvalue weighted by molar-refractivity contribution is -0.136. The van der Waals surface area contributed by atoms with Gasteiger partial charge in [-0.2, -0.15) is 0 Å². The lowest BCUT2D eigenvalue weighted by Crippen LogP contribution is -2.43. The number of nitrogens with zero attached hydrogens (tertiary/aromatic N) is 3. The first-order chi connectivity index (χ1) is 10.6. The summed E-state index contributed by atoms with van der Waals surface area (Å²) in [5, 5.41) is 10.5. The molecule has 1 fully saturated rings. The Labute approximate surface area is 131 Å². The van der Waals surface area contributed by atoms with Crippen molar-refractivity contribution in [2.45, 2.75) is 12.8 Å². The van der Waals surface area contributed by atoms with Gasteiger partial charge in [-0.15, -0.1) is 10.2 Å². The van der Waals surface area contributed by atoms with Gasteiger partial charge in [-0.05, 0) is 12.8 Å². The summed E-state index contributed by atoms with van der Waals surface area (Å²) in [6.07, 6.45) is 3.67. The number of carbonyl (C=O) groups excluding carboxylic acids is 3. The summed E-state index contributed by atoms with van der Waals surface area (Å²) in [6, 6.07) is 0. The van der Waals surface area contributed by atoms with E-state index in [0.717, 1.165) is 18.6 Å². The van der Waals surface area contributed by atoms with Gasteiger partial charge in [0.2, 0.25) is 16.9 Å². The van der Waals surface area contributed by atoms with Crippen LogP contribution in [0.4, 0.5) is 5.13 Å². The first-order valence-corrected chi connectivity index (χ1v) is 7.60. The number of esters is 1. The molecule has 2 rings (SSSR count). The number of anilines is 1. The first kappa shape index (κ1) is 16.1. The van der Waals surface area contributed by atoms with Crippen molar-refractivity contribution < 1.29 is 19.1 Å². The molecule has 1 aromatic heterocycles. The van der Waals surface area contributed by atoms with Crippen molar-refractivity contribution in [1.82, 2.24) is 15.1 Å². The molecular formula is C13H16N4O4S. The highest BCUT2D eigenvalue weighted by molar-refractivity contribution is 7.13. The minimum atomic E-state index is -0.587. The molecule has 0 bridgehead atoms. The standard InChI is InChI=1S/C13H16N4O4S/c1-21-11(19)5-4-10(18)17-6-2-3-9(7-17)12(20)15-13-16-14-8-22-13/h4-5,8-9H,2-3,6-7H2,1H3,(H,15,16,20)/b5-4+. The van der Waals surface area contributed by atoms with Crippen molar-refractivity contribution in [2.24, 2.45) is 5.92 Å². The van der Waals surface area contributed by atoms with Crippen molar-refractivity contribution in [3.05, 3.63) is 17.7 Å². The summed E-state index contributed by atoms with van der Waals surface area (Å²) in [4.78, 5) is 36.7. The van der Waals surface area contributed by atoms with Crippen LogP contribution in [0.3, 0.4) is 0 Å². The van der Waals surface area contributed by atoms with Crippen molar-refractivity contribution in [3.63, 3.8) is 0 Å². The average molecular weight is 324 g/mol. The van der Waals surface area contributed by atoms with E-state index in [0.29, 0.717) is 24.6 Å². The van der Waals surface area contributed by atoms with E-state index in [1.807, 2.05) is 0 Å².